The Kier molecular flexibility index (Phi) is 5.13. The average molecular weight is 223 g/mol. The van der Waals surface area contributed by atoms with Gasteiger partial charge in [0, 0.05) is 19.5 Å². The van der Waals surface area contributed by atoms with Gasteiger partial charge in [0.2, 0.25) is 0 Å². The molecule has 1 saturated heterocycles. The van der Waals surface area contributed by atoms with Crippen molar-refractivity contribution in [2.45, 2.75) is 44.9 Å². The maximum absolute atomic E-state index is 4.58. The van der Waals surface area contributed by atoms with Crippen LogP contribution in [0.3, 0.4) is 0 Å². The van der Waals surface area contributed by atoms with Crippen molar-refractivity contribution < 1.29 is 0 Å². The van der Waals surface area contributed by atoms with Crippen molar-refractivity contribution in [1.29, 1.82) is 0 Å². The zero-order valence-corrected chi connectivity index (χ0v) is 10.4. The average Bonchev–Trinajstić information content (AvgIpc) is 2.68. The summed E-state index contributed by atoms with van der Waals surface area (Å²) in [6.45, 7) is 6.05. The fourth-order valence-corrected chi connectivity index (χ4v) is 2.56. The van der Waals surface area contributed by atoms with Gasteiger partial charge in [0.1, 0.15) is 0 Å². The number of nitrogens with zero attached hydrogens (tertiary/aromatic N) is 2. The maximum atomic E-state index is 4.58. The molecule has 3 heteroatoms. The summed E-state index contributed by atoms with van der Waals surface area (Å²) in [5.41, 5.74) is 0. The summed E-state index contributed by atoms with van der Waals surface area (Å²) in [4.78, 5) is 7.16. The first kappa shape index (κ1) is 11.9. The molecule has 0 saturated carbocycles. The van der Waals surface area contributed by atoms with Gasteiger partial charge in [-0.05, 0) is 51.7 Å². The Morgan fingerprint density at radius 1 is 1.06 bits per heavy atom. The van der Waals surface area contributed by atoms with Crippen LogP contribution >= 0.6 is 0 Å². The Morgan fingerprint density at radius 3 is 2.81 bits per heavy atom. The minimum atomic E-state index is 1.04. The van der Waals surface area contributed by atoms with E-state index in [0.717, 1.165) is 13.1 Å². The predicted octanol–water partition coefficient (Wildman–Crippen LogP) is 2.03. The third kappa shape index (κ3) is 4.12. The molecule has 0 atom stereocenters. The molecule has 0 aromatic rings. The van der Waals surface area contributed by atoms with Gasteiger partial charge in [-0.1, -0.05) is 6.42 Å². The van der Waals surface area contributed by atoms with Crippen molar-refractivity contribution in [3.8, 4) is 0 Å². The summed E-state index contributed by atoms with van der Waals surface area (Å²) in [5, 5.41) is 3.51. The van der Waals surface area contributed by atoms with Crippen LogP contribution in [0, 0.1) is 0 Å². The lowest BCUT2D eigenvalue weighted by molar-refractivity contribution is 0.334. The molecule has 1 N–H and O–H groups in total. The molecular weight excluding hydrogens is 198 g/mol. The monoisotopic (exact) mass is 223 g/mol. The molecule has 0 radical (unpaired) electrons. The molecule has 2 aliphatic rings. The molecule has 0 aliphatic carbocycles. The normalized spacial score (nSPS) is 22.9. The predicted molar refractivity (Wildman–Crippen MR) is 69.1 cm³/mol. The van der Waals surface area contributed by atoms with Gasteiger partial charge in [-0.2, -0.15) is 0 Å². The van der Waals surface area contributed by atoms with Crippen molar-refractivity contribution in [1.82, 2.24) is 10.2 Å². The minimum absolute atomic E-state index is 1.04. The number of hydrogen-bond donors (Lipinski definition) is 1. The number of nitrogens with one attached hydrogen (secondary N) is 1. The highest BCUT2D eigenvalue weighted by Gasteiger charge is 2.10. The van der Waals surface area contributed by atoms with Crippen molar-refractivity contribution in [2.75, 3.05) is 32.7 Å². The van der Waals surface area contributed by atoms with Crippen LogP contribution in [0.25, 0.3) is 0 Å². The first-order valence-corrected chi connectivity index (χ1v) is 6.95. The minimum Gasteiger partial charge on any atom is -0.374 e. The van der Waals surface area contributed by atoms with Gasteiger partial charge >= 0.3 is 0 Å². The van der Waals surface area contributed by atoms with E-state index in [-0.39, 0.29) is 0 Å². The second kappa shape index (κ2) is 6.89. The van der Waals surface area contributed by atoms with Crippen LogP contribution in [0.5, 0.6) is 0 Å². The lowest BCUT2D eigenvalue weighted by atomic mass is 10.2. The first-order chi connectivity index (χ1) is 7.95. The Balaban J connectivity index is 1.54. The molecule has 0 bridgehead atoms. The van der Waals surface area contributed by atoms with Gasteiger partial charge < -0.3 is 10.2 Å². The standard InChI is InChI=1S/C13H25N3/c1-2-7-13(14-8-3-1)15-9-6-12-16-10-4-5-11-16/h1-12H2,(H,14,15). The highest BCUT2D eigenvalue weighted by atomic mass is 15.1. The second-order valence-corrected chi connectivity index (χ2v) is 4.97. The fourth-order valence-electron chi connectivity index (χ4n) is 2.56. The molecule has 92 valence electrons. The fraction of sp³-hybridized carbons (Fsp3) is 0.923. The molecular formula is C13H25N3. The molecule has 2 rings (SSSR count). The van der Waals surface area contributed by atoms with Crippen LogP contribution in [-0.4, -0.2) is 43.5 Å². The highest BCUT2D eigenvalue weighted by molar-refractivity contribution is 5.82. The molecule has 3 nitrogen and oxygen atoms in total. The van der Waals surface area contributed by atoms with Crippen molar-refractivity contribution >= 4 is 5.84 Å². The molecule has 1 fully saturated rings. The van der Waals surface area contributed by atoms with E-state index in [1.807, 2.05) is 0 Å². The number of amidine groups is 1. The lowest BCUT2D eigenvalue weighted by Gasteiger charge is -2.15. The largest absolute Gasteiger partial charge is 0.374 e. The third-order valence-corrected chi connectivity index (χ3v) is 3.55. The third-order valence-electron chi connectivity index (χ3n) is 3.55. The molecule has 2 heterocycles. The SMILES string of the molecule is C1CCN=C(NCCCN2CCCC2)CC1. The van der Waals surface area contributed by atoms with E-state index in [9.17, 15) is 0 Å². The zero-order chi connectivity index (χ0) is 11.1. The van der Waals surface area contributed by atoms with Crippen LogP contribution in [0.1, 0.15) is 44.9 Å². The van der Waals surface area contributed by atoms with E-state index in [4.69, 9.17) is 0 Å². The summed E-state index contributed by atoms with van der Waals surface area (Å²) in [7, 11) is 0. The number of hydrogen-bond acceptors (Lipinski definition) is 3. The van der Waals surface area contributed by atoms with Crippen LogP contribution < -0.4 is 5.32 Å². The van der Waals surface area contributed by atoms with Crippen LogP contribution in [0.2, 0.25) is 0 Å². The van der Waals surface area contributed by atoms with Crippen LogP contribution in [0.15, 0.2) is 4.99 Å². The number of likely N-dealkylation sites (tertiary alicyclic amines) is 1. The molecule has 0 aromatic heterocycles. The molecule has 16 heavy (non-hydrogen) atoms. The Morgan fingerprint density at radius 2 is 1.94 bits per heavy atom. The highest BCUT2D eigenvalue weighted by Crippen LogP contribution is 2.08. The lowest BCUT2D eigenvalue weighted by Crippen LogP contribution is -2.28. The summed E-state index contributed by atoms with van der Waals surface area (Å²) in [5.74, 6) is 1.26. The first-order valence-electron chi connectivity index (χ1n) is 6.95. The van der Waals surface area contributed by atoms with Gasteiger partial charge in [0.15, 0.2) is 0 Å². The Hall–Kier alpha value is -0.570. The van der Waals surface area contributed by atoms with Crippen molar-refractivity contribution in [3.63, 3.8) is 0 Å². The summed E-state index contributed by atoms with van der Waals surface area (Å²) < 4.78 is 0. The topological polar surface area (TPSA) is 27.6 Å². The maximum Gasteiger partial charge on any atom is 0.0963 e. The quantitative estimate of drug-likeness (QED) is 0.739. The molecule has 2 aliphatic heterocycles. The number of rotatable bonds is 4. The van der Waals surface area contributed by atoms with E-state index in [2.05, 4.69) is 15.2 Å². The van der Waals surface area contributed by atoms with Crippen LogP contribution in [-0.2, 0) is 0 Å². The Bertz CT molecular complexity index is 219. The Labute approximate surface area is 99.3 Å². The smallest absolute Gasteiger partial charge is 0.0963 e. The van der Waals surface area contributed by atoms with E-state index in [1.165, 1.54) is 70.4 Å². The van der Waals surface area contributed by atoms with Gasteiger partial charge in [-0.15, -0.1) is 0 Å². The molecule has 0 unspecified atom stereocenters. The summed E-state index contributed by atoms with van der Waals surface area (Å²) >= 11 is 0. The van der Waals surface area contributed by atoms with Gasteiger partial charge in [-0.3, -0.25) is 4.99 Å². The van der Waals surface area contributed by atoms with E-state index < -0.39 is 0 Å². The summed E-state index contributed by atoms with van der Waals surface area (Å²) in [6, 6.07) is 0. The van der Waals surface area contributed by atoms with Crippen molar-refractivity contribution in [3.05, 3.63) is 0 Å². The molecule has 0 amide bonds. The van der Waals surface area contributed by atoms with Gasteiger partial charge in [0.25, 0.3) is 0 Å². The number of aliphatic imine (C=N–C) groups is 1. The van der Waals surface area contributed by atoms with E-state index in [0.29, 0.717) is 0 Å². The van der Waals surface area contributed by atoms with Crippen LogP contribution in [0.4, 0.5) is 0 Å². The van der Waals surface area contributed by atoms with E-state index in [1.54, 1.807) is 0 Å². The molecule has 0 aromatic carbocycles. The second-order valence-electron chi connectivity index (χ2n) is 4.97. The molecule has 0 spiro atoms. The summed E-state index contributed by atoms with van der Waals surface area (Å²) in [6.07, 6.45) is 9.18. The van der Waals surface area contributed by atoms with E-state index >= 15 is 0 Å². The van der Waals surface area contributed by atoms with Gasteiger partial charge in [-0.25, -0.2) is 0 Å². The van der Waals surface area contributed by atoms with Crippen molar-refractivity contribution in [2.24, 2.45) is 4.99 Å². The van der Waals surface area contributed by atoms with Gasteiger partial charge in [0.05, 0.1) is 5.84 Å². The zero-order valence-electron chi connectivity index (χ0n) is 10.4.